The molecule has 8 heteroatoms. The molecule has 0 unspecified atom stereocenters. The van der Waals surface area contributed by atoms with Crippen LogP contribution >= 0.6 is 11.6 Å². The lowest BCUT2D eigenvalue weighted by Crippen LogP contribution is -2.31. The van der Waals surface area contributed by atoms with Crippen LogP contribution in [0, 0.1) is 0 Å². The Morgan fingerprint density at radius 2 is 1.85 bits per heavy atom. The van der Waals surface area contributed by atoms with Crippen molar-refractivity contribution in [3.05, 3.63) is 46.7 Å². The van der Waals surface area contributed by atoms with Gasteiger partial charge in [0.1, 0.15) is 0 Å². The summed E-state index contributed by atoms with van der Waals surface area (Å²) in [7, 11) is 0. The number of aromatic nitrogens is 2. The number of carbonyl (C=O) groups excluding carboxylic acids is 2. The number of amides is 2. The van der Waals surface area contributed by atoms with Gasteiger partial charge in [-0.25, -0.2) is 9.97 Å². The van der Waals surface area contributed by atoms with Crippen LogP contribution in [0.15, 0.2) is 30.5 Å². The van der Waals surface area contributed by atoms with Crippen LogP contribution in [-0.4, -0.2) is 40.9 Å². The maximum Gasteiger partial charge on any atom is 0.276 e. The number of anilines is 2. The molecule has 7 nitrogen and oxygen atoms in total. The van der Waals surface area contributed by atoms with Crippen LogP contribution in [0.2, 0.25) is 5.02 Å². The van der Waals surface area contributed by atoms with Gasteiger partial charge in [0, 0.05) is 19.1 Å². The van der Waals surface area contributed by atoms with Gasteiger partial charge in [-0.3, -0.25) is 9.59 Å². The van der Waals surface area contributed by atoms with E-state index in [-0.39, 0.29) is 22.7 Å². The van der Waals surface area contributed by atoms with E-state index >= 15 is 0 Å². The molecule has 0 bridgehead atoms. The van der Waals surface area contributed by atoms with Crippen molar-refractivity contribution in [2.75, 3.05) is 23.3 Å². The molecule has 1 aliphatic rings. The number of hydrogen-bond donors (Lipinski definition) is 2. The van der Waals surface area contributed by atoms with Crippen molar-refractivity contribution in [3.63, 3.8) is 0 Å². The number of benzene rings is 1. The fourth-order valence-electron chi connectivity index (χ4n) is 2.90. The molecule has 1 aliphatic heterocycles. The molecule has 27 heavy (non-hydrogen) atoms. The minimum atomic E-state index is -0.479. The lowest BCUT2D eigenvalue weighted by Gasteiger charge is -2.16. The van der Waals surface area contributed by atoms with Gasteiger partial charge >= 0.3 is 0 Å². The first-order valence-corrected chi connectivity index (χ1v) is 9.32. The Morgan fingerprint density at radius 1 is 1.15 bits per heavy atom. The molecule has 2 heterocycles. The maximum absolute atomic E-state index is 12.8. The van der Waals surface area contributed by atoms with E-state index in [1.807, 2.05) is 18.7 Å². The van der Waals surface area contributed by atoms with Crippen LogP contribution in [0.5, 0.6) is 0 Å². The number of nitrogens with one attached hydrogen (secondary N) is 2. The zero-order chi connectivity index (χ0) is 19.4. The minimum Gasteiger partial charge on any atom is -0.350 e. The first-order chi connectivity index (χ1) is 13.0. The number of nitrogens with zero attached hydrogens (tertiary/aromatic N) is 3. The number of carbonyl (C=O) groups is 2. The van der Waals surface area contributed by atoms with E-state index in [1.54, 1.807) is 24.3 Å². The Balaban J connectivity index is 1.84. The van der Waals surface area contributed by atoms with Crippen molar-refractivity contribution in [3.8, 4) is 0 Å². The third kappa shape index (κ3) is 4.54. The average molecular weight is 388 g/mol. The number of rotatable bonds is 5. The van der Waals surface area contributed by atoms with Gasteiger partial charge in [0.25, 0.3) is 11.8 Å². The lowest BCUT2D eigenvalue weighted by atomic mass is 10.1. The predicted octanol–water partition coefficient (Wildman–Crippen LogP) is 3.12. The van der Waals surface area contributed by atoms with Crippen LogP contribution in [0.1, 0.15) is 47.5 Å². The second kappa shape index (κ2) is 8.35. The van der Waals surface area contributed by atoms with Gasteiger partial charge in [-0.1, -0.05) is 23.7 Å². The summed E-state index contributed by atoms with van der Waals surface area (Å²) in [5, 5.41) is 5.73. The third-order valence-corrected chi connectivity index (χ3v) is 4.45. The number of para-hydroxylation sites is 1. The molecule has 2 amide bonds. The van der Waals surface area contributed by atoms with E-state index in [2.05, 4.69) is 20.6 Å². The van der Waals surface area contributed by atoms with Gasteiger partial charge in [0.15, 0.2) is 5.69 Å². The van der Waals surface area contributed by atoms with Crippen molar-refractivity contribution in [2.45, 2.75) is 32.7 Å². The van der Waals surface area contributed by atoms with E-state index in [1.165, 1.54) is 6.20 Å². The van der Waals surface area contributed by atoms with Crippen LogP contribution in [0.3, 0.4) is 0 Å². The Morgan fingerprint density at radius 3 is 2.56 bits per heavy atom. The second-order valence-corrected chi connectivity index (χ2v) is 7.10. The van der Waals surface area contributed by atoms with Gasteiger partial charge in [-0.15, -0.1) is 0 Å². The van der Waals surface area contributed by atoms with Gasteiger partial charge in [-0.05, 0) is 38.8 Å². The highest BCUT2D eigenvalue weighted by molar-refractivity contribution is 6.34. The fraction of sp³-hybridized carbons (Fsp3) is 0.368. The summed E-state index contributed by atoms with van der Waals surface area (Å²) in [6.45, 7) is 5.47. The summed E-state index contributed by atoms with van der Waals surface area (Å²) in [6, 6.07) is 6.81. The molecule has 2 aromatic rings. The molecule has 2 N–H and O–H groups in total. The maximum atomic E-state index is 12.8. The standard InChI is InChI=1S/C19H22ClN5O2/c1-12(2)22-17(26)13-7-3-4-8-15(13)23-18(27)16-14(20)11-21-19(24-16)25-9-5-6-10-25/h3-4,7-8,11-12H,5-6,9-10H2,1-2H3,(H,22,26)(H,23,27). The predicted molar refractivity (Wildman–Crippen MR) is 105 cm³/mol. The summed E-state index contributed by atoms with van der Waals surface area (Å²) in [6.07, 6.45) is 3.59. The van der Waals surface area contributed by atoms with Gasteiger partial charge < -0.3 is 15.5 Å². The minimum absolute atomic E-state index is 0.0133. The van der Waals surface area contributed by atoms with Crippen LogP contribution < -0.4 is 15.5 Å². The van der Waals surface area contributed by atoms with Crippen molar-refractivity contribution in [1.29, 1.82) is 0 Å². The molecule has 0 atom stereocenters. The van der Waals surface area contributed by atoms with Crippen molar-refractivity contribution in [1.82, 2.24) is 15.3 Å². The Bertz CT molecular complexity index is 850. The Hall–Kier alpha value is -2.67. The molecule has 0 aliphatic carbocycles. The highest BCUT2D eigenvalue weighted by Gasteiger charge is 2.21. The van der Waals surface area contributed by atoms with Crippen molar-refractivity contribution >= 4 is 35.1 Å². The molecule has 1 aromatic heterocycles. The molecule has 142 valence electrons. The Labute approximate surface area is 163 Å². The van der Waals surface area contributed by atoms with Crippen LogP contribution in [-0.2, 0) is 0 Å². The molecule has 1 fully saturated rings. The molecular weight excluding hydrogens is 366 g/mol. The summed E-state index contributed by atoms with van der Waals surface area (Å²) in [5.41, 5.74) is 0.871. The molecule has 1 saturated heterocycles. The summed E-state index contributed by atoms with van der Waals surface area (Å²) < 4.78 is 0. The average Bonchev–Trinajstić information content (AvgIpc) is 3.16. The van der Waals surface area contributed by atoms with Crippen LogP contribution in [0.25, 0.3) is 0 Å². The molecular formula is C19H22ClN5O2. The SMILES string of the molecule is CC(C)NC(=O)c1ccccc1NC(=O)c1nc(N2CCCC2)ncc1Cl. The molecule has 0 spiro atoms. The van der Waals surface area contributed by atoms with Gasteiger partial charge in [-0.2, -0.15) is 0 Å². The van der Waals surface area contributed by atoms with E-state index in [9.17, 15) is 9.59 Å². The van der Waals surface area contributed by atoms with Crippen LogP contribution in [0.4, 0.5) is 11.6 Å². The van der Waals surface area contributed by atoms with Crippen molar-refractivity contribution < 1.29 is 9.59 Å². The lowest BCUT2D eigenvalue weighted by molar-refractivity contribution is 0.0944. The zero-order valence-corrected chi connectivity index (χ0v) is 16.1. The second-order valence-electron chi connectivity index (χ2n) is 6.69. The molecule has 1 aromatic carbocycles. The molecule has 0 saturated carbocycles. The first-order valence-electron chi connectivity index (χ1n) is 8.94. The monoisotopic (exact) mass is 387 g/mol. The molecule has 0 radical (unpaired) electrons. The Kier molecular flexibility index (Phi) is 5.91. The smallest absolute Gasteiger partial charge is 0.276 e. The fourth-order valence-corrected chi connectivity index (χ4v) is 3.07. The van der Waals surface area contributed by atoms with Gasteiger partial charge in [0.2, 0.25) is 5.95 Å². The highest BCUT2D eigenvalue weighted by Crippen LogP contribution is 2.22. The zero-order valence-electron chi connectivity index (χ0n) is 15.3. The number of hydrogen-bond acceptors (Lipinski definition) is 5. The van der Waals surface area contributed by atoms with E-state index in [4.69, 9.17) is 11.6 Å². The van der Waals surface area contributed by atoms with E-state index in [0.717, 1.165) is 25.9 Å². The highest BCUT2D eigenvalue weighted by atomic mass is 35.5. The summed E-state index contributed by atoms with van der Waals surface area (Å²) in [4.78, 5) is 35.7. The normalized spacial score (nSPS) is 13.7. The third-order valence-electron chi connectivity index (χ3n) is 4.18. The van der Waals surface area contributed by atoms with Gasteiger partial charge in [0.05, 0.1) is 22.5 Å². The first kappa shape index (κ1) is 19.1. The van der Waals surface area contributed by atoms with E-state index < -0.39 is 5.91 Å². The quantitative estimate of drug-likeness (QED) is 0.823. The molecule has 3 rings (SSSR count). The largest absolute Gasteiger partial charge is 0.350 e. The van der Waals surface area contributed by atoms with Crippen molar-refractivity contribution in [2.24, 2.45) is 0 Å². The van der Waals surface area contributed by atoms with E-state index in [0.29, 0.717) is 17.2 Å². The topological polar surface area (TPSA) is 87.2 Å². The summed E-state index contributed by atoms with van der Waals surface area (Å²) in [5.74, 6) is -0.243. The summed E-state index contributed by atoms with van der Waals surface area (Å²) >= 11 is 6.15. The number of halogens is 1.